The highest BCUT2D eigenvalue weighted by Gasteiger charge is 2.32. The predicted molar refractivity (Wildman–Crippen MR) is 86.6 cm³/mol. The molecule has 0 saturated carbocycles. The van der Waals surface area contributed by atoms with Gasteiger partial charge in [-0.3, -0.25) is 4.98 Å². The van der Waals surface area contributed by atoms with Gasteiger partial charge in [-0.2, -0.15) is 31.3 Å². The van der Waals surface area contributed by atoms with E-state index < -0.39 is 17.4 Å². The maximum atomic E-state index is 12.7. The summed E-state index contributed by atoms with van der Waals surface area (Å²) in [5.41, 5.74) is -4.86. The Morgan fingerprint density at radius 1 is 1.07 bits per heavy atom. The van der Waals surface area contributed by atoms with Crippen molar-refractivity contribution in [3.63, 3.8) is 0 Å². The first-order valence-electron chi connectivity index (χ1n) is 7.25. The molecule has 146 valence electrons. The lowest BCUT2D eigenvalue weighted by Gasteiger charge is -2.10. The number of aromatic nitrogens is 2. The number of pyridine rings is 2. The smallest absolute Gasteiger partial charge is 0.445 e. The molecule has 0 aromatic carbocycles. The van der Waals surface area contributed by atoms with Crippen molar-refractivity contribution >= 4 is 11.8 Å². The first-order valence-corrected chi connectivity index (χ1v) is 8.13. The van der Waals surface area contributed by atoms with E-state index in [2.05, 4.69) is 9.97 Å². The molecule has 2 heterocycles. The zero-order valence-corrected chi connectivity index (χ0v) is 14.5. The minimum atomic E-state index is -4.62. The summed E-state index contributed by atoms with van der Waals surface area (Å²) in [5, 5.41) is 0.836. The molecule has 0 radical (unpaired) electrons. The molecule has 0 spiro atoms. The zero-order chi connectivity index (χ0) is 20.1. The van der Waals surface area contributed by atoms with Crippen LogP contribution in [0.2, 0.25) is 0 Å². The molecular weight excluding hydrogens is 398 g/mol. The van der Waals surface area contributed by atoms with Gasteiger partial charge in [0.15, 0.2) is 0 Å². The lowest BCUT2D eigenvalue weighted by atomic mass is 10.3. The third-order valence-corrected chi connectivity index (χ3v) is 3.39. The van der Waals surface area contributed by atoms with Crippen LogP contribution < -0.4 is 9.47 Å². The summed E-state index contributed by atoms with van der Waals surface area (Å²) in [5.74, 6) is -0.0995. The highest BCUT2D eigenvalue weighted by atomic mass is 32.2. The van der Waals surface area contributed by atoms with Gasteiger partial charge in [0, 0.05) is 24.4 Å². The van der Waals surface area contributed by atoms with E-state index in [1.807, 2.05) is 0 Å². The first kappa shape index (κ1) is 20.9. The molecular formula is C16H12F6N2O2S. The molecule has 0 aliphatic heterocycles. The van der Waals surface area contributed by atoms with Crippen LogP contribution in [0, 0.1) is 6.92 Å². The number of ether oxygens (including phenoxy) is 2. The molecule has 0 unspecified atom stereocenters. The molecule has 0 N–H and O–H groups in total. The number of hydrogen-bond donors (Lipinski definition) is 0. The Balaban J connectivity index is 2.05. The number of halogens is 6. The Labute approximate surface area is 154 Å². The number of rotatable bonds is 6. The number of aryl methyl sites for hydroxylation is 1. The van der Waals surface area contributed by atoms with Crippen molar-refractivity contribution in [1.82, 2.24) is 9.97 Å². The Morgan fingerprint density at radius 2 is 1.78 bits per heavy atom. The summed E-state index contributed by atoms with van der Waals surface area (Å²) >= 11 is -0.323. The van der Waals surface area contributed by atoms with Crippen LogP contribution in [0.4, 0.5) is 26.3 Å². The second-order valence-corrected chi connectivity index (χ2v) is 6.01. The summed E-state index contributed by atoms with van der Waals surface area (Å²) in [6.45, 7) is 1.50. The van der Waals surface area contributed by atoms with Crippen LogP contribution in [0.1, 0.15) is 11.3 Å². The highest BCUT2D eigenvalue weighted by Crippen LogP contribution is 2.32. The largest absolute Gasteiger partial charge is 0.473 e. The molecule has 27 heavy (non-hydrogen) atoms. The van der Waals surface area contributed by atoms with Crippen LogP contribution in [-0.2, 0) is 6.18 Å². The molecule has 0 bridgehead atoms. The Morgan fingerprint density at radius 3 is 2.44 bits per heavy atom. The van der Waals surface area contributed by atoms with Gasteiger partial charge in [-0.05, 0) is 41.8 Å². The predicted octanol–water partition coefficient (Wildman–Crippen LogP) is 5.74. The van der Waals surface area contributed by atoms with Gasteiger partial charge in [0.05, 0.1) is 0 Å². The van der Waals surface area contributed by atoms with Gasteiger partial charge in [-0.25, -0.2) is 0 Å². The second kappa shape index (κ2) is 8.51. The quantitative estimate of drug-likeness (QED) is 0.568. The lowest BCUT2D eigenvalue weighted by molar-refractivity contribution is -0.141. The van der Waals surface area contributed by atoms with Gasteiger partial charge in [0.2, 0.25) is 11.8 Å². The summed E-state index contributed by atoms with van der Waals surface area (Å²) in [4.78, 5) is 7.18. The van der Waals surface area contributed by atoms with Gasteiger partial charge in [-0.1, -0.05) is 0 Å². The van der Waals surface area contributed by atoms with E-state index in [0.717, 1.165) is 23.7 Å². The number of alkyl halides is 6. The molecule has 0 aliphatic carbocycles. The van der Waals surface area contributed by atoms with Crippen molar-refractivity contribution in [2.24, 2.45) is 0 Å². The standard InChI is InChI=1S/C16H12F6N2O2S/c1-10-7-13(25-5-2-6-27-16(20,21)22)24-14(8-10)26-11-3-4-23-12(9-11)15(17,18)19/h2-4,6-9H,5H2,1H3/b6-2+. The fraction of sp³-hybridized carbons (Fsp3) is 0.250. The Hall–Kier alpha value is -2.43. The monoisotopic (exact) mass is 410 g/mol. The van der Waals surface area contributed by atoms with Gasteiger partial charge in [0.1, 0.15) is 18.1 Å². The van der Waals surface area contributed by atoms with Crippen LogP contribution in [-0.4, -0.2) is 22.1 Å². The molecule has 2 aromatic heterocycles. The third kappa shape index (κ3) is 7.37. The van der Waals surface area contributed by atoms with E-state index in [4.69, 9.17) is 9.47 Å². The fourth-order valence-electron chi connectivity index (χ4n) is 1.78. The van der Waals surface area contributed by atoms with Crippen LogP contribution >= 0.6 is 11.8 Å². The van der Waals surface area contributed by atoms with E-state index in [0.29, 0.717) is 5.56 Å². The van der Waals surface area contributed by atoms with Crippen molar-refractivity contribution < 1.29 is 35.8 Å². The molecule has 0 saturated heterocycles. The molecule has 2 rings (SSSR count). The topological polar surface area (TPSA) is 44.2 Å². The number of hydrogen-bond acceptors (Lipinski definition) is 5. The maximum Gasteiger partial charge on any atom is 0.445 e. The Kier molecular flexibility index (Phi) is 6.58. The van der Waals surface area contributed by atoms with Gasteiger partial charge < -0.3 is 9.47 Å². The average molecular weight is 410 g/mol. The SMILES string of the molecule is Cc1cc(OC/C=C/SC(F)(F)F)nc(Oc2ccnc(C(F)(F)F)c2)c1. The zero-order valence-electron chi connectivity index (χ0n) is 13.6. The summed E-state index contributed by atoms with van der Waals surface area (Å²) in [6, 6.07) is 4.93. The van der Waals surface area contributed by atoms with Crippen molar-refractivity contribution in [2.75, 3.05) is 6.61 Å². The third-order valence-electron chi connectivity index (χ3n) is 2.79. The van der Waals surface area contributed by atoms with E-state index in [-0.39, 0.29) is 35.9 Å². The minimum Gasteiger partial charge on any atom is -0.473 e. The molecule has 0 fully saturated rings. The summed E-state index contributed by atoms with van der Waals surface area (Å²) < 4.78 is 84.5. The lowest BCUT2D eigenvalue weighted by Crippen LogP contribution is -2.07. The number of thioether (sulfide) groups is 1. The molecule has 0 atom stereocenters. The minimum absolute atomic E-state index is 0.0297. The van der Waals surface area contributed by atoms with Gasteiger partial charge >= 0.3 is 11.7 Å². The fourth-order valence-corrected chi connectivity index (χ4v) is 2.11. The van der Waals surface area contributed by atoms with E-state index in [9.17, 15) is 26.3 Å². The second-order valence-electron chi connectivity index (χ2n) is 5.04. The summed E-state index contributed by atoms with van der Waals surface area (Å²) in [7, 11) is 0. The molecule has 11 heteroatoms. The molecule has 4 nitrogen and oxygen atoms in total. The van der Waals surface area contributed by atoms with E-state index >= 15 is 0 Å². The average Bonchev–Trinajstić information content (AvgIpc) is 2.52. The van der Waals surface area contributed by atoms with Crippen molar-refractivity contribution in [3.8, 4) is 17.5 Å². The van der Waals surface area contributed by atoms with Crippen LogP contribution in [0.25, 0.3) is 0 Å². The normalized spacial score (nSPS) is 12.4. The number of nitrogens with zero attached hydrogens (tertiary/aromatic N) is 2. The molecule has 2 aromatic rings. The van der Waals surface area contributed by atoms with E-state index in [1.54, 1.807) is 6.92 Å². The molecule has 0 amide bonds. The van der Waals surface area contributed by atoms with Crippen molar-refractivity contribution in [3.05, 3.63) is 53.2 Å². The van der Waals surface area contributed by atoms with Crippen LogP contribution in [0.3, 0.4) is 0 Å². The molecule has 0 aliphatic rings. The Bertz CT molecular complexity index is 808. The maximum absolute atomic E-state index is 12.7. The van der Waals surface area contributed by atoms with E-state index in [1.165, 1.54) is 18.2 Å². The summed E-state index contributed by atoms with van der Waals surface area (Å²) in [6.07, 6.45) is -2.51. The van der Waals surface area contributed by atoms with Gasteiger partial charge in [0.25, 0.3) is 0 Å². The van der Waals surface area contributed by atoms with Crippen molar-refractivity contribution in [2.45, 2.75) is 18.6 Å². The van der Waals surface area contributed by atoms with Crippen molar-refractivity contribution in [1.29, 1.82) is 0 Å². The first-order chi connectivity index (χ1) is 12.5. The van der Waals surface area contributed by atoms with Crippen LogP contribution in [0.15, 0.2) is 41.9 Å². The van der Waals surface area contributed by atoms with Gasteiger partial charge in [-0.15, -0.1) is 0 Å². The highest BCUT2D eigenvalue weighted by molar-refractivity contribution is 8.02. The van der Waals surface area contributed by atoms with Crippen LogP contribution in [0.5, 0.6) is 17.5 Å².